The number of hydrogen-bond acceptors (Lipinski definition) is 3. The van der Waals surface area contributed by atoms with Crippen LogP contribution in [-0.2, 0) is 0 Å². The van der Waals surface area contributed by atoms with Crippen molar-refractivity contribution in [1.82, 2.24) is 4.90 Å². The van der Waals surface area contributed by atoms with E-state index in [0.717, 1.165) is 5.75 Å². The van der Waals surface area contributed by atoms with Crippen molar-refractivity contribution in [3.05, 3.63) is 28.8 Å². The Morgan fingerprint density at radius 3 is 2.76 bits per heavy atom. The van der Waals surface area contributed by atoms with E-state index >= 15 is 0 Å². The molecule has 0 unspecified atom stereocenters. The largest absolute Gasteiger partial charge is 0.478 e. The summed E-state index contributed by atoms with van der Waals surface area (Å²) < 4.78 is -0.000446. The molecular weight excluding hydrogens is 312 g/mol. The first-order valence-electron chi connectivity index (χ1n) is 6.52. The Balaban J connectivity index is 2.17. The highest BCUT2D eigenvalue weighted by Crippen LogP contribution is 2.30. The maximum atomic E-state index is 12.3. The van der Waals surface area contributed by atoms with Gasteiger partial charge in [0.05, 0.1) is 10.7 Å². The second-order valence-corrected chi connectivity index (χ2v) is 7.64. The van der Waals surface area contributed by atoms with Crippen molar-refractivity contribution in [1.29, 1.82) is 0 Å². The van der Waals surface area contributed by atoms with Gasteiger partial charge in [0, 0.05) is 23.6 Å². The molecule has 21 heavy (non-hydrogen) atoms. The van der Waals surface area contributed by atoms with Gasteiger partial charge < -0.3 is 15.3 Å². The topological polar surface area (TPSA) is 69.6 Å². The standard InChI is InChI=1S/C14H17ClN2O3S/c1-14(2)8-17(6-7-21-14)13(20)16-10-5-3-4-9(15)11(10)12(18)19/h3-5H,6-8H2,1-2H3,(H,16,20)(H,18,19). The van der Waals surface area contributed by atoms with Crippen LogP contribution in [0.3, 0.4) is 0 Å². The Labute approximate surface area is 132 Å². The average molecular weight is 329 g/mol. The number of halogens is 1. The summed E-state index contributed by atoms with van der Waals surface area (Å²) in [5.41, 5.74) is 0.134. The van der Waals surface area contributed by atoms with Gasteiger partial charge in [-0.25, -0.2) is 9.59 Å². The van der Waals surface area contributed by atoms with Gasteiger partial charge in [-0.2, -0.15) is 11.8 Å². The van der Waals surface area contributed by atoms with Crippen molar-refractivity contribution in [3.63, 3.8) is 0 Å². The first kappa shape index (κ1) is 16.0. The quantitative estimate of drug-likeness (QED) is 0.873. The third-order valence-electron chi connectivity index (χ3n) is 3.18. The minimum atomic E-state index is -1.16. The highest BCUT2D eigenvalue weighted by Gasteiger charge is 2.30. The van der Waals surface area contributed by atoms with E-state index < -0.39 is 5.97 Å². The molecule has 114 valence electrons. The lowest BCUT2D eigenvalue weighted by atomic mass is 10.1. The molecule has 7 heteroatoms. The Hall–Kier alpha value is -1.40. The third-order valence-corrected chi connectivity index (χ3v) is 4.79. The fourth-order valence-corrected chi connectivity index (χ4v) is 3.60. The number of carbonyl (C=O) groups is 2. The number of rotatable bonds is 2. The predicted molar refractivity (Wildman–Crippen MR) is 85.5 cm³/mol. The highest BCUT2D eigenvalue weighted by molar-refractivity contribution is 8.00. The number of carboxylic acid groups (broad SMARTS) is 1. The molecule has 0 aliphatic carbocycles. The van der Waals surface area contributed by atoms with Crippen LogP contribution in [0, 0.1) is 0 Å². The van der Waals surface area contributed by atoms with Crippen molar-refractivity contribution >= 4 is 41.1 Å². The molecule has 1 heterocycles. The summed E-state index contributed by atoms with van der Waals surface area (Å²) in [4.78, 5) is 25.3. The van der Waals surface area contributed by atoms with Crippen LogP contribution in [0.4, 0.5) is 10.5 Å². The molecule has 0 radical (unpaired) electrons. The molecule has 0 saturated carbocycles. The molecule has 0 bridgehead atoms. The van der Waals surface area contributed by atoms with Crippen molar-refractivity contribution in [2.75, 3.05) is 24.2 Å². The minimum Gasteiger partial charge on any atom is -0.478 e. The van der Waals surface area contributed by atoms with E-state index in [2.05, 4.69) is 19.2 Å². The fourth-order valence-electron chi connectivity index (χ4n) is 2.23. The number of benzene rings is 1. The van der Waals surface area contributed by atoms with Gasteiger partial charge in [0.2, 0.25) is 0 Å². The number of aromatic carboxylic acids is 1. The van der Waals surface area contributed by atoms with Crippen LogP contribution in [0.25, 0.3) is 0 Å². The minimum absolute atomic E-state index is 0.000446. The molecule has 1 fully saturated rings. The fraction of sp³-hybridized carbons (Fsp3) is 0.429. The summed E-state index contributed by atoms with van der Waals surface area (Å²) in [7, 11) is 0. The number of carbonyl (C=O) groups excluding carboxylic acids is 1. The second kappa shape index (κ2) is 6.15. The number of urea groups is 1. The van der Waals surface area contributed by atoms with Crippen LogP contribution < -0.4 is 5.32 Å². The molecule has 1 aromatic rings. The maximum Gasteiger partial charge on any atom is 0.339 e. The Morgan fingerprint density at radius 1 is 1.43 bits per heavy atom. The zero-order valence-corrected chi connectivity index (χ0v) is 13.4. The Kier molecular flexibility index (Phi) is 4.68. The van der Waals surface area contributed by atoms with Gasteiger partial charge in [-0.05, 0) is 26.0 Å². The Bertz CT molecular complexity index is 577. The summed E-state index contributed by atoms with van der Waals surface area (Å²) in [5.74, 6) is -0.299. The van der Waals surface area contributed by atoms with Crippen molar-refractivity contribution in [2.45, 2.75) is 18.6 Å². The van der Waals surface area contributed by atoms with E-state index in [-0.39, 0.29) is 27.1 Å². The number of thioether (sulfide) groups is 1. The molecule has 2 N–H and O–H groups in total. The number of hydrogen-bond donors (Lipinski definition) is 2. The van der Waals surface area contributed by atoms with Gasteiger partial charge in [-0.1, -0.05) is 17.7 Å². The summed E-state index contributed by atoms with van der Waals surface area (Å²) in [5, 5.41) is 12.0. The van der Waals surface area contributed by atoms with E-state index in [9.17, 15) is 14.7 Å². The molecule has 1 aliphatic heterocycles. The van der Waals surface area contributed by atoms with Crippen LogP contribution in [0.5, 0.6) is 0 Å². The molecule has 1 aromatic carbocycles. The number of amides is 2. The number of nitrogens with one attached hydrogen (secondary N) is 1. The zero-order valence-electron chi connectivity index (χ0n) is 11.9. The van der Waals surface area contributed by atoms with Crippen LogP contribution in [0.15, 0.2) is 18.2 Å². The second-order valence-electron chi connectivity index (χ2n) is 5.43. The molecule has 5 nitrogen and oxygen atoms in total. The number of nitrogens with zero attached hydrogens (tertiary/aromatic N) is 1. The summed E-state index contributed by atoms with van der Waals surface area (Å²) in [6.07, 6.45) is 0. The first-order chi connectivity index (χ1) is 9.80. The van der Waals surface area contributed by atoms with E-state index in [1.807, 2.05) is 11.8 Å². The smallest absolute Gasteiger partial charge is 0.339 e. The lowest BCUT2D eigenvalue weighted by Gasteiger charge is -2.37. The van der Waals surface area contributed by atoms with Crippen LogP contribution in [0.1, 0.15) is 24.2 Å². The lowest BCUT2D eigenvalue weighted by Crippen LogP contribution is -2.47. The summed E-state index contributed by atoms with van der Waals surface area (Å²) >= 11 is 7.71. The van der Waals surface area contributed by atoms with Gasteiger partial charge >= 0.3 is 12.0 Å². The predicted octanol–water partition coefficient (Wildman–Crippen LogP) is 3.40. The van der Waals surface area contributed by atoms with Gasteiger partial charge in [-0.3, -0.25) is 0 Å². The highest BCUT2D eigenvalue weighted by atomic mass is 35.5. The molecular formula is C14H17ClN2O3S. The molecule has 1 saturated heterocycles. The van der Waals surface area contributed by atoms with Crippen molar-refractivity contribution < 1.29 is 14.7 Å². The summed E-state index contributed by atoms with van der Waals surface area (Å²) in [6, 6.07) is 4.34. The average Bonchev–Trinajstić information content (AvgIpc) is 2.37. The van der Waals surface area contributed by atoms with Crippen LogP contribution >= 0.6 is 23.4 Å². The monoisotopic (exact) mass is 328 g/mol. The molecule has 0 aromatic heterocycles. The molecule has 0 spiro atoms. The SMILES string of the molecule is CC1(C)CN(C(=O)Nc2cccc(Cl)c2C(=O)O)CCS1. The lowest BCUT2D eigenvalue weighted by molar-refractivity contribution is 0.0698. The van der Waals surface area contributed by atoms with Crippen LogP contribution in [-0.4, -0.2) is 45.6 Å². The Morgan fingerprint density at radius 2 is 2.14 bits per heavy atom. The van der Waals surface area contributed by atoms with Crippen molar-refractivity contribution in [2.24, 2.45) is 0 Å². The first-order valence-corrected chi connectivity index (χ1v) is 7.88. The van der Waals surface area contributed by atoms with E-state index in [1.54, 1.807) is 11.0 Å². The van der Waals surface area contributed by atoms with Gasteiger partial charge in [0.25, 0.3) is 0 Å². The van der Waals surface area contributed by atoms with Gasteiger partial charge in [-0.15, -0.1) is 0 Å². The van der Waals surface area contributed by atoms with Crippen LogP contribution in [0.2, 0.25) is 5.02 Å². The zero-order chi connectivity index (χ0) is 15.6. The number of carboxylic acids is 1. The van der Waals surface area contributed by atoms with E-state index in [4.69, 9.17) is 11.6 Å². The molecule has 1 aliphatic rings. The van der Waals surface area contributed by atoms with E-state index in [1.165, 1.54) is 12.1 Å². The normalized spacial score (nSPS) is 17.4. The van der Waals surface area contributed by atoms with E-state index in [0.29, 0.717) is 13.1 Å². The third kappa shape index (κ3) is 3.83. The van der Waals surface area contributed by atoms with Gasteiger partial charge in [0.15, 0.2) is 0 Å². The summed E-state index contributed by atoms with van der Waals surface area (Å²) in [6.45, 7) is 5.42. The van der Waals surface area contributed by atoms with Gasteiger partial charge in [0.1, 0.15) is 5.56 Å². The number of anilines is 1. The molecule has 0 atom stereocenters. The molecule has 2 rings (SSSR count). The van der Waals surface area contributed by atoms with Crippen molar-refractivity contribution in [3.8, 4) is 0 Å². The molecule has 2 amide bonds. The maximum absolute atomic E-state index is 12.3.